The van der Waals surface area contributed by atoms with E-state index in [2.05, 4.69) is 15.8 Å². The monoisotopic (exact) mass is 416 g/mol. The summed E-state index contributed by atoms with van der Waals surface area (Å²) < 4.78 is 0. The molecule has 2 aromatic carbocycles. The van der Waals surface area contributed by atoms with E-state index in [0.29, 0.717) is 5.71 Å². The number of carbonyl (C=O) groups excluding carboxylic acids is 2. The van der Waals surface area contributed by atoms with Crippen LogP contribution in [0, 0.1) is 30.9 Å². The van der Waals surface area contributed by atoms with Crippen molar-refractivity contribution < 1.29 is 14.5 Å². The zero-order valence-electron chi connectivity index (χ0n) is 16.5. The van der Waals surface area contributed by atoms with Crippen LogP contribution in [0.5, 0.6) is 0 Å². The molecule has 0 saturated heterocycles. The number of hydrazone groups is 1. The van der Waals surface area contributed by atoms with Crippen molar-refractivity contribution >= 4 is 40.5 Å². The van der Waals surface area contributed by atoms with Gasteiger partial charge in [0.25, 0.3) is 11.6 Å². The number of hydrogen-bond donors (Lipinski definition) is 2. The molecule has 152 valence electrons. The van der Waals surface area contributed by atoms with Gasteiger partial charge in [-0.3, -0.25) is 19.7 Å². The highest BCUT2D eigenvalue weighted by Crippen LogP contribution is 2.25. The topological polar surface area (TPSA) is 114 Å². The number of nitrogens with zero attached hydrogens (tertiary/aromatic N) is 2. The Morgan fingerprint density at radius 1 is 1.14 bits per heavy atom. The third kappa shape index (κ3) is 5.86. The van der Waals surface area contributed by atoms with E-state index in [1.165, 1.54) is 12.1 Å². The van der Waals surface area contributed by atoms with Gasteiger partial charge in [-0.1, -0.05) is 29.3 Å². The van der Waals surface area contributed by atoms with Gasteiger partial charge in [0.15, 0.2) is 0 Å². The number of hydrogen-bond acceptors (Lipinski definition) is 5. The number of nitro benzene ring substituents is 1. The van der Waals surface area contributed by atoms with Crippen LogP contribution in [0.3, 0.4) is 0 Å². The molecule has 29 heavy (non-hydrogen) atoms. The van der Waals surface area contributed by atoms with Crippen LogP contribution in [-0.2, 0) is 4.79 Å². The fourth-order valence-corrected chi connectivity index (χ4v) is 3.09. The third-order valence-electron chi connectivity index (χ3n) is 4.11. The third-order valence-corrected chi connectivity index (χ3v) is 4.42. The van der Waals surface area contributed by atoms with Crippen molar-refractivity contribution in [3.8, 4) is 0 Å². The predicted molar refractivity (Wildman–Crippen MR) is 113 cm³/mol. The van der Waals surface area contributed by atoms with Gasteiger partial charge in [-0.05, 0) is 51.0 Å². The first-order chi connectivity index (χ1) is 13.6. The largest absolute Gasteiger partial charge is 0.325 e. The summed E-state index contributed by atoms with van der Waals surface area (Å²) in [5, 5.41) is 17.4. The first-order valence-electron chi connectivity index (χ1n) is 8.73. The van der Waals surface area contributed by atoms with E-state index in [9.17, 15) is 19.7 Å². The standard InChI is InChI=1S/C20H21ClN4O4/c1-11-7-12(2)19(13(3)8-11)22-18(26)9-14(4)23-24-20(27)15-5-6-17(25(28)29)16(21)10-15/h5-8,10H,9H2,1-4H3,(H,22,26)(H,24,27). The molecule has 8 nitrogen and oxygen atoms in total. The zero-order valence-corrected chi connectivity index (χ0v) is 17.3. The van der Waals surface area contributed by atoms with Gasteiger partial charge < -0.3 is 5.32 Å². The average molecular weight is 417 g/mol. The number of carbonyl (C=O) groups is 2. The van der Waals surface area contributed by atoms with Crippen LogP contribution in [0.1, 0.15) is 40.4 Å². The Morgan fingerprint density at radius 3 is 2.31 bits per heavy atom. The van der Waals surface area contributed by atoms with Gasteiger partial charge in [-0.15, -0.1) is 0 Å². The summed E-state index contributed by atoms with van der Waals surface area (Å²) in [7, 11) is 0. The zero-order chi connectivity index (χ0) is 21.7. The second-order valence-corrected chi connectivity index (χ2v) is 7.12. The van der Waals surface area contributed by atoms with Gasteiger partial charge in [-0.25, -0.2) is 5.43 Å². The van der Waals surface area contributed by atoms with Crippen LogP contribution in [0.4, 0.5) is 11.4 Å². The van der Waals surface area contributed by atoms with Crippen molar-refractivity contribution in [2.24, 2.45) is 5.10 Å². The van der Waals surface area contributed by atoms with Crippen molar-refractivity contribution in [3.63, 3.8) is 0 Å². The number of aryl methyl sites for hydroxylation is 3. The summed E-state index contributed by atoms with van der Waals surface area (Å²) >= 11 is 5.80. The Balaban J connectivity index is 1.99. The minimum atomic E-state index is -0.636. The van der Waals surface area contributed by atoms with Crippen LogP contribution < -0.4 is 10.7 Å². The molecule has 0 aliphatic heterocycles. The van der Waals surface area contributed by atoms with Gasteiger partial charge in [0.1, 0.15) is 5.02 Å². The molecule has 0 heterocycles. The minimum absolute atomic E-state index is 0.00590. The summed E-state index contributed by atoms with van der Waals surface area (Å²) in [6.07, 6.45) is -0.00590. The molecule has 0 aliphatic carbocycles. The fourth-order valence-electron chi connectivity index (χ4n) is 2.84. The van der Waals surface area contributed by atoms with Crippen molar-refractivity contribution in [1.29, 1.82) is 0 Å². The van der Waals surface area contributed by atoms with Crippen LogP contribution in [0.25, 0.3) is 0 Å². The van der Waals surface area contributed by atoms with Gasteiger partial charge in [0.05, 0.1) is 11.3 Å². The quantitative estimate of drug-likeness (QED) is 0.415. The molecular weight excluding hydrogens is 396 g/mol. The number of amides is 2. The van der Waals surface area contributed by atoms with E-state index < -0.39 is 10.8 Å². The van der Waals surface area contributed by atoms with E-state index in [0.717, 1.165) is 28.4 Å². The second-order valence-electron chi connectivity index (χ2n) is 6.71. The van der Waals surface area contributed by atoms with Crippen molar-refractivity contribution in [3.05, 3.63) is 67.7 Å². The summed E-state index contributed by atoms with van der Waals surface area (Å²) in [6, 6.07) is 7.58. The lowest BCUT2D eigenvalue weighted by molar-refractivity contribution is -0.384. The lowest BCUT2D eigenvalue weighted by Gasteiger charge is -2.12. The number of anilines is 1. The molecule has 2 rings (SSSR count). The highest BCUT2D eigenvalue weighted by Gasteiger charge is 2.15. The van der Waals surface area contributed by atoms with Crippen LogP contribution in [0.2, 0.25) is 5.02 Å². The molecule has 0 aliphatic rings. The number of benzene rings is 2. The molecule has 0 radical (unpaired) electrons. The van der Waals surface area contributed by atoms with Crippen molar-refractivity contribution in [1.82, 2.24) is 5.43 Å². The highest BCUT2D eigenvalue weighted by molar-refractivity contribution is 6.33. The molecule has 2 N–H and O–H groups in total. The van der Waals surface area contributed by atoms with Crippen LogP contribution >= 0.6 is 11.6 Å². The van der Waals surface area contributed by atoms with Crippen LogP contribution in [0.15, 0.2) is 35.4 Å². The Bertz CT molecular complexity index is 995. The maximum atomic E-state index is 12.3. The maximum Gasteiger partial charge on any atom is 0.287 e. The molecule has 9 heteroatoms. The van der Waals surface area contributed by atoms with E-state index in [1.54, 1.807) is 6.92 Å². The summed E-state index contributed by atoms with van der Waals surface area (Å²) in [5.74, 6) is -0.847. The molecular formula is C20H21ClN4O4. The van der Waals surface area contributed by atoms with Gasteiger partial charge >= 0.3 is 0 Å². The number of halogens is 1. The number of rotatable bonds is 6. The molecule has 0 unspecified atom stereocenters. The van der Waals surface area contributed by atoms with Gasteiger partial charge in [-0.2, -0.15) is 5.10 Å². The average Bonchev–Trinajstić information content (AvgIpc) is 2.62. The first-order valence-corrected chi connectivity index (χ1v) is 9.11. The molecule has 0 spiro atoms. The van der Waals surface area contributed by atoms with Gasteiger partial charge in [0, 0.05) is 23.0 Å². The lowest BCUT2D eigenvalue weighted by Crippen LogP contribution is -2.22. The Morgan fingerprint density at radius 2 is 1.76 bits per heavy atom. The molecule has 0 fully saturated rings. The molecule has 0 bridgehead atoms. The first kappa shape index (κ1) is 22.0. The summed E-state index contributed by atoms with van der Waals surface area (Å²) in [6.45, 7) is 7.44. The SMILES string of the molecule is CC(CC(=O)Nc1c(C)cc(C)cc1C)=NNC(=O)c1ccc([N+](=O)[O-])c(Cl)c1. The predicted octanol–water partition coefficient (Wildman–Crippen LogP) is 4.31. The van der Waals surface area contributed by atoms with Crippen LogP contribution in [-0.4, -0.2) is 22.4 Å². The number of nitrogens with one attached hydrogen (secondary N) is 2. The number of nitro groups is 1. The molecule has 2 amide bonds. The van der Waals surface area contributed by atoms with E-state index in [4.69, 9.17) is 11.6 Å². The fraction of sp³-hybridized carbons (Fsp3) is 0.250. The normalized spacial score (nSPS) is 11.1. The van der Waals surface area contributed by atoms with E-state index >= 15 is 0 Å². The molecule has 0 saturated carbocycles. The van der Waals surface area contributed by atoms with E-state index in [-0.39, 0.29) is 28.6 Å². The Kier molecular flexibility index (Phi) is 7.06. The maximum absolute atomic E-state index is 12.3. The van der Waals surface area contributed by atoms with Crippen molar-refractivity contribution in [2.45, 2.75) is 34.1 Å². The van der Waals surface area contributed by atoms with Gasteiger partial charge in [0.2, 0.25) is 5.91 Å². The molecule has 2 aromatic rings. The van der Waals surface area contributed by atoms with Crippen molar-refractivity contribution in [2.75, 3.05) is 5.32 Å². The Hall–Kier alpha value is -3.26. The van der Waals surface area contributed by atoms with E-state index in [1.807, 2.05) is 32.9 Å². The Labute approximate surface area is 173 Å². The smallest absolute Gasteiger partial charge is 0.287 e. The molecule has 0 aromatic heterocycles. The molecule has 0 atom stereocenters. The highest BCUT2D eigenvalue weighted by atomic mass is 35.5. The second kappa shape index (κ2) is 9.29. The summed E-state index contributed by atoms with van der Waals surface area (Å²) in [5.41, 5.74) is 6.35. The lowest BCUT2D eigenvalue weighted by atomic mass is 10.0. The minimum Gasteiger partial charge on any atom is -0.325 e. The summed E-state index contributed by atoms with van der Waals surface area (Å²) in [4.78, 5) is 34.6.